The van der Waals surface area contributed by atoms with E-state index in [1.807, 2.05) is 6.07 Å². The van der Waals surface area contributed by atoms with E-state index in [0.29, 0.717) is 0 Å². The maximum atomic E-state index is 13.2. The third-order valence-electron chi connectivity index (χ3n) is 3.62. The van der Waals surface area contributed by atoms with Crippen molar-refractivity contribution < 1.29 is 9.18 Å². The summed E-state index contributed by atoms with van der Waals surface area (Å²) in [6, 6.07) is 6.46. The van der Waals surface area contributed by atoms with Crippen molar-refractivity contribution in [2.45, 2.75) is 31.5 Å². The number of nitrogens with one attached hydrogen (secondary N) is 1. The molecule has 0 aliphatic carbocycles. The minimum absolute atomic E-state index is 0.0167. The molecular formula is C13H15FN2O. The summed E-state index contributed by atoms with van der Waals surface area (Å²) < 4.78 is 13.2. The average Bonchev–Trinajstić information content (AvgIpc) is 2.68. The second kappa shape index (κ2) is 4.11. The van der Waals surface area contributed by atoms with E-state index in [0.717, 1.165) is 31.4 Å². The Morgan fingerprint density at radius 1 is 1.35 bits per heavy atom. The van der Waals surface area contributed by atoms with Crippen molar-refractivity contribution >= 4 is 5.91 Å². The zero-order valence-corrected chi connectivity index (χ0v) is 9.53. The van der Waals surface area contributed by atoms with Gasteiger partial charge in [-0.2, -0.15) is 0 Å². The Morgan fingerprint density at radius 2 is 2.24 bits per heavy atom. The normalized spacial score (nSPS) is 28.9. The molecule has 0 saturated carbocycles. The largest absolute Gasteiger partial charge is 0.335 e. The third-order valence-corrected chi connectivity index (χ3v) is 3.62. The van der Waals surface area contributed by atoms with Crippen LogP contribution < -0.4 is 5.32 Å². The first-order valence-electron chi connectivity index (χ1n) is 6.07. The molecule has 0 bridgehead atoms. The summed E-state index contributed by atoms with van der Waals surface area (Å²) in [5.74, 6) is -0.170. The lowest BCUT2D eigenvalue weighted by Gasteiger charge is -2.31. The molecule has 2 aliphatic heterocycles. The fraction of sp³-hybridized carbons (Fsp3) is 0.462. The highest BCUT2D eigenvalue weighted by molar-refractivity contribution is 5.84. The summed E-state index contributed by atoms with van der Waals surface area (Å²) in [4.78, 5) is 14.0. The van der Waals surface area contributed by atoms with Crippen molar-refractivity contribution in [1.82, 2.24) is 10.2 Å². The molecule has 2 unspecified atom stereocenters. The van der Waals surface area contributed by atoms with Gasteiger partial charge in [0.05, 0.1) is 6.04 Å². The first-order chi connectivity index (χ1) is 8.25. The summed E-state index contributed by atoms with van der Waals surface area (Å²) >= 11 is 0. The van der Waals surface area contributed by atoms with E-state index in [2.05, 4.69) is 10.2 Å². The molecule has 1 amide bonds. The van der Waals surface area contributed by atoms with Gasteiger partial charge < -0.3 is 5.32 Å². The van der Waals surface area contributed by atoms with Gasteiger partial charge in [0.1, 0.15) is 12.0 Å². The van der Waals surface area contributed by atoms with Crippen molar-refractivity contribution in [1.29, 1.82) is 0 Å². The van der Waals surface area contributed by atoms with Crippen LogP contribution in [0.1, 0.15) is 31.0 Å². The molecule has 2 heterocycles. The van der Waals surface area contributed by atoms with Crippen LogP contribution in [0.2, 0.25) is 0 Å². The molecule has 0 aromatic heterocycles. The van der Waals surface area contributed by atoms with Crippen LogP contribution in [0.5, 0.6) is 0 Å². The Balaban J connectivity index is 1.91. The van der Waals surface area contributed by atoms with Gasteiger partial charge in [-0.3, -0.25) is 9.69 Å². The predicted octanol–water partition coefficient (Wildman–Crippen LogP) is 1.81. The Hall–Kier alpha value is -1.42. The third kappa shape index (κ3) is 1.82. The highest BCUT2D eigenvalue weighted by Crippen LogP contribution is 2.32. The standard InChI is InChI=1S/C13H15FN2O/c14-10-5-3-4-9(8-10)12-15-13(17)11-6-1-2-7-16(11)12/h3-5,8,11-12H,1-2,6-7H2,(H,15,17). The first-order valence-corrected chi connectivity index (χ1v) is 6.07. The van der Waals surface area contributed by atoms with Gasteiger partial charge in [-0.15, -0.1) is 0 Å². The van der Waals surface area contributed by atoms with Crippen molar-refractivity contribution in [3.05, 3.63) is 35.6 Å². The summed E-state index contributed by atoms with van der Waals surface area (Å²) in [6.07, 6.45) is 2.97. The molecule has 17 heavy (non-hydrogen) atoms. The maximum Gasteiger partial charge on any atom is 0.238 e. The van der Waals surface area contributed by atoms with E-state index in [1.165, 1.54) is 12.1 Å². The number of amides is 1. The topological polar surface area (TPSA) is 32.3 Å². The molecule has 0 radical (unpaired) electrons. The number of halogens is 1. The minimum atomic E-state index is -0.253. The summed E-state index contributed by atoms with van der Waals surface area (Å²) in [5.41, 5.74) is 0.836. The molecule has 0 spiro atoms. The van der Waals surface area contributed by atoms with Gasteiger partial charge >= 0.3 is 0 Å². The maximum absolute atomic E-state index is 13.2. The number of piperidine rings is 1. The molecule has 90 valence electrons. The molecule has 3 rings (SSSR count). The monoisotopic (exact) mass is 234 g/mol. The number of hydrogen-bond donors (Lipinski definition) is 1. The van der Waals surface area contributed by atoms with Crippen molar-refractivity contribution in [3.8, 4) is 0 Å². The van der Waals surface area contributed by atoms with Crippen LogP contribution in [0.3, 0.4) is 0 Å². The molecule has 2 aliphatic rings. The minimum Gasteiger partial charge on any atom is -0.335 e. The molecule has 1 N–H and O–H groups in total. The Labute approximate surface area is 99.6 Å². The van der Waals surface area contributed by atoms with E-state index < -0.39 is 0 Å². The van der Waals surface area contributed by atoms with Gasteiger partial charge in [-0.1, -0.05) is 18.6 Å². The molecule has 1 aromatic rings. The number of fused-ring (bicyclic) bond motifs is 1. The van der Waals surface area contributed by atoms with E-state index in [4.69, 9.17) is 0 Å². The highest BCUT2D eigenvalue weighted by Gasteiger charge is 2.41. The molecule has 1 aromatic carbocycles. The molecular weight excluding hydrogens is 219 g/mol. The number of rotatable bonds is 1. The van der Waals surface area contributed by atoms with Gasteiger partial charge in [0.25, 0.3) is 0 Å². The van der Waals surface area contributed by atoms with Gasteiger partial charge in [-0.05, 0) is 30.5 Å². The average molecular weight is 234 g/mol. The Bertz CT molecular complexity index is 449. The molecule has 3 nitrogen and oxygen atoms in total. The summed E-state index contributed by atoms with van der Waals surface area (Å²) in [7, 11) is 0. The van der Waals surface area contributed by atoms with Crippen LogP contribution in [0.4, 0.5) is 4.39 Å². The van der Waals surface area contributed by atoms with Crippen molar-refractivity contribution in [2.24, 2.45) is 0 Å². The quantitative estimate of drug-likeness (QED) is 0.803. The van der Waals surface area contributed by atoms with Gasteiger partial charge in [-0.25, -0.2) is 4.39 Å². The zero-order valence-electron chi connectivity index (χ0n) is 9.53. The van der Waals surface area contributed by atoms with E-state index >= 15 is 0 Å². The fourth-order valence-electron chi connectivity index (χ4n) is 2.81. The van der Waals surface area contributed by atoms with E-state index in [9.17, 15) is 9.18 Å². The first kappa shape index (κ1) is 10.7. The summed E-state index contributed by atoms with van der Waals surface area (Å²) in [6.45, 7) is 0.907. The van der Waals surface area contributed by atoms with Crippen LogP contribution in [-0.4, -0.2) is 23.4 Å². The highest BCUT2D eigenvalue weighted by atomic mass is 19.1. The summed E-state index contributed by atoms with van der Waals surface area (Å²) in [5, 5.41) is 2.96. The number of carbonyl (C=O) groups excluding carboxylic acids is 1. The lowest BCUT2D eigenvalue weighted by Crippen LogP contribution is -2.38. The van der Waals surface area contributed by atoms with Crippen LogP contribution in [0, 0.1) is 5.82 Å². The number of carbonyl (C=O) groups is 1. The number of benzene rings is 1. The number of hydrogen-bond acceptors (Lipinski definition) is 2. The molecule has 2 atom stereocenters. The van der Waals surface area contributed by atoms with E-state index in [-0.39, 0.29) is 23.9 Å². The smallest absolute Gasteiger partial charge is 0.238 e. The molecule has 4 heteroatoms. The van der Waals surface area contributed by atoms with Crippen LogP contribution in [0.15, 0.2) is 24.3 Å². The predicted molar refractivity (Wildman–Crippen MR) is 61.6 cm³/mol. The lowest BCUT2D eigenvalue weighted by molar-refractivity contribution is -0.122. The Morgan fingerprint density at radius 3 is 3.06 bits per heavy atom. The van der Waals surface area contributed by atoms with Crippen molar-refractivity contribution in [2.75, 3.05) is 6.54 Å². The van der Waals surface area contributed by atoms with Crippen LogP contribution in [-0.2, 0) is 4.79 Å². The van der Waals surface area contributed by atoms with Crippen LogP contribution in [0.25, 0.3) is 0 Å². The van der Waals surface area contributed by atoms with Crippen molar-refractivity contribution in [3.63, 3.8) is 0 Å². The Kier molecular flexibility index (Phi) is 2.59. The van der Waals surface area contributed by atoms with Gasteiger partial charge in [0.15, 0.2) is 0 Å². The van der Waals surface area contributed by atoms with Crippen LogP contribution >= 0.6 is 0 Å². The number of nitrogens with zero attached hydrogens (tertiary/aromatic N) is 1. The zero-order chi connectivity index (χ0) is 11.8. The molecule has 2 saturated heterocycles. The van der Waals surface area contributed by atoms with E-state index in [1.54, 1.807) is 6.07 Å². The second-order valence-electron chi connectivity index (χ2n) is 4.72. The fourth-order valence-corrected chi connectivity index (χ4v) is 2.81. The molecule has 2 fully saturated rings. The SMILES string of the molecule is O=C1NC(c2cccc(F)c2)N2CCCCC12. The lowest BCUT2D eigenvalue weighted by atomic mass is 10.0. The second-order valence-corrected chi connectivity index (χ2v) is 4.72. The van der Waals surface area contributed by atoms with Gasteiger partial charge in [0.2, 0.25) is 5.91 Å². The van der Waals surface area contributed by atoms with Gasteiger partial charge in [0, 0.05) is 6.54 Å².